The van der Waals surface area contributed by atoms with E-state index in [1.807, 2.05) is 6.92 Å². The van der Waals surface area contributed by atoms with Gasteiger partial charge in [-0.2, -0.15) is 0 Å². The molecule has 1 aliphatic rings. The number of rotatable bonds is 5. The van der Waals surface area contributed by atoms with Crippen LogP contribution in [0, 0.1) is 11.3 Å². The minimum absolute atomic E-state index is 0.0263. The predicted molar refractivity (Wildman–Crippen MR) is 61.0 cm³/mol. The van der Waals surface area contributed by atoms with Gasteiger partial charge < -0.3 is 10.4 Å². The first-order valence-corrected chi connectivity index (χ1v) is 6.00. The average molecular weight is 227 g/mol. The van der Waals surface area contributed by atoms with Crippen LogP contribution in [0.25, 0.3) is 0 Å². The quantitative estimate of drug-likeness (QED) is 0.752. The molecule has 0 aromatic carbocycles. The Kier molecular flexibility index (Phi) is 4.33. The fourth-order valence-corrected chi connectivity index (χ4v) is 1.97. The Morgan fingerprint density at radius 2 is 1.94 bits per heavy atom. The van der Waals surface area contributed by atoms with Crippen LogP contribution < -0.4 is 5.32 Å². The molecule has 4 nitrogen and oxygen atoms in total. The number of nitrogens with one attached hydrogen (secondary N) is 1. The lowest BCUT2D eigenvalue weighted by molar-refractivity contribution is -0.148. The number of aliphatic carboxylic acids is 1. The normalized spacial score (nSPS) is 20.4. The number of carbonyl (C=O) groups excluding carboxylic acids is 1. The molecular weight excluding hydrogens is 206 g/mol. The Labute approximate surface area is 96.4 Å². The highest BCUT2D eigenvalue weighted by molar-refractivity contribution is 5.80. The SMILES string of the molecule is CCC(C)(CNC(=O)C1CCCC1)C(=O)O. The van der Waals surface area contributed by atoms with E-state index in [0.29, 0.717) is 6.42 Å². The molecule has 1 rings (SSSR count). The van der Waals surface area contributed by atoms with Crippen molar-refractivity contribution in [1.29, 1.82) is 0 Å². The van der Waals surface area contributed by atoms with Crippen LogP contribution in [-0.2, 0) is 9.59 Å². The van der Waals surface area contributed by atoms with E-state index in [1.54, 1.807) is 6.92 Å². The zero-order valence-electron chi connectivity index (χ0n) is 10.1. The van der Waals surface area contributed by atoms with Gasteiger partial charge in [-0.3, -0.25) is 9.59 Å². The van der Waals surface area contributed by atoms with Crippen LogP contribution in [0.5, 0.6) is 0 Å². The molecule has 1 atom stereocenters. The number of amides is 1. The van der Waals surface area contributed by atoms with E-state index in [-0.39, 0.29) is 18.4 Å². The summed E-state index contributed by atoms with van der Waals surface area (Å²) in [7, 11) is 0. The molecule has 4 heteroatoms. The molecule has 1 amide bonds. The van der Waals surface area contributed by atoms with E-state index in [4.69, 9.17) is 5.11 Å². The lowest BCUT2D eigenvalue weighted by atomic mass is 9.87. The summed E-state index contributed by atoms with van der Waals surface area (Å²) in [6.45, 7) is 3.73. The summed E-state index contributed by atoms with van der Waals surface area (Å²) < 4.78 is 0. The van der Waals surface area contributed by atoms with E-state index >= 15 is 0 Å². The summed E-state index contributed by atoms with van der Waals surface area (Å²) in [5.41, 5.74) is -0.839. The molecule has 0 aromatic rings. The van der Waals surface area contributed by atoms with Crippen molar-refractivity contribution in [3.05, 3.63) is 0 Å². The zero-order chi connectivity index (χ0) is 12.2. The molecule has 0 saturated heterocycles. The number of carbonyl (C=O) groups is 2. The first-order chi connectivity index (χ1) is 7.49. The molecule has 1 fully saturated rings. The van der Waals surface area contributed by atoms with Gasteiger partial charge in [0.2, 0.25) is 5.91 Å². The summed E-state index contributed by atoms with van der Waals surface area (Å²) in [5.74, 6) is -0.713. The smallest absolute Gasteiger partial charge is 0.311 e. The van der Waals surface area contributed by atoms with Crippen LogP contribution in [0.15, 0.2) is 0 Å². The summed E-state index contributed by atoms with van der Waals surface area (Å²) >= 11 is 0. The minimum atomic E-state index is -0.846. The number of carboxylic acid groups (broad SMARTS) is 1. The highest BCUT2D eigenvalue weighted by Gasteiger charge is 2.32. The Balaban J connectivity index is 2.43. The topological polar surface area (TPSA) is 66.4 Å². The van der Waals surface area contributed by atoms with Gasteiger partial charge in [-0.25, -0.2) is 0 Å². The van der Waals surface area contributed by atoms with Crippen LogP contribution in [0.2, 0.25) is 0 Å². The van der Waals surface area contributed by atoms with Gasteiger partial charge in [-0.1, -0.05) is 19.8 Å². The molecule has 2 N–H and O–H groups in total. The van der Waals surface area contributed by atoms with Crippen molar-refractivity contribution in [3.8, 4) is 0 Å². The molecule has 0 aromatic heterocycles. The van der Waals surface area contributed by atoms with E-state index in [2.05, 4.69) is 5.32 Å². The molecule has 0 aliphatic heterocycles. The minimum Gasteiger partial charge on any atom is -0.481 e. The Bertz CT molecular complexity index is 271. The summed E-state index contributed by atoms with van der Waals surface area (Å²) in [5, 5.41) is 11.8. The van der Waals surface area contributed by atoms with Crippen molar-refractivity contribution >= 4 is 11.9 Å². The molecular formula is C12H21NO3. The Morgan fingerprint density at radius 3 is 2.38 bits per heavy atom. The Hall–Kier alpha value is -1.06. The molecule has 1 aliphatic carbocycles. The van der Waals surface area contributed by atoms with Crippen LogP contribution in [0.4, 0.5) is 0 Å². The third kappa shape index (κ3) is 2.97. The second kappa shape index (κ2) is 5.32. The molecule has 0 spiro atoms. The van der Waals surface area contributed by atoms with Gasteiger partial charge in [-0.05, 0) is 26.2 Å². The lowest BCUT2D eigenvalue weighted by Crippen LogP contribution is -2.42. The van der Waals surface area contributed by atoms with Crippen molar-refractivity contribution in [1.82, 2.24) is 5.32 Å². The van der Waals surface area contributed by atoms with Gasteiger partial charge >= 0.3 is 5.97 Å². The van der Waals surface area contributed by atoms with Crippen LogP contribution in [-0.4, -0.2) is 23.5 Å². The number of hydrogen-bond donors (Lipinski definition) is 2. The monoisotopic (exact) mass is 227 g/mol. The fourth-order valence-electron chi connectivity index (χ4n) is 1.97. The van der Waals surface area contributed by atoms with E-state index < -0.39 is 11.4 Å². The van der Waals surface area contributed by atoms with Gasteiger partial charge in [0.05, 0.1) is 5.41 Å². The maximum absolute atomic E-state index is 11.7. The van der Waals surface area contributed by atoms with Gasteiger partial charge in [0.25, 0.3) is 0 Å². The first-order valence-electron chi connectivity index (χ1n) is 6.00. The molecule has 92 valence electrons. The Morgan fingerprint density at radius 1 is 1.38 bits per heavy atom. The van der Waals surface area contributed by atoms with Gasteiger partial charge in [0.1, 0.15) is 0 Å². The van der Waals surface area contributed by atoms with Crippen LogP contribution >= 0.6 is 0 Å². The average Bonchev–Trinajstić information content (AvgIpc) is 2.78. The van der Waals surface area contributed by atoms with E-state index in [0.717, 1.165) is 25.7 Å². The molecule has 1 saturated carbocycles. The maximum atomic E-state index is 11.7. The maximum Gasteiger partial charge on any atom is 0.311 e. The van der Waals surface area contributed by atoms with E-state index in [9.17, 15) is 9.59 Å². The van der Waals surface area contributed by atoms with Gasteiger partial charge in [0, 0.05) is 12.5 Å². The first kappa shape index (κ1) is 13.0. The predicted octanol–water partition coefficient (Wildman–Crippen LogP) is 1.79. The van der Waals surface area contributed by atoms with E-state index in [1.165, 1.54) is 0 Å². The third-order valence-corrected chi connectivity index (χ3v) is 3.68. The van der Waals surface area contributed by atoms with Crippen molar-refractivity contribution < 1.29 is 14.7 Å². The van der Waals surface area contributed by atoms with Crippen molar-refractivity contribution in [2.45, 2.75) is 46.0 Å². The summed E-state index contributed by atoms with van der Waals surface area (Å²) in [4.78, 5) is 22.8. The largest absolute Gasteiger partial charge is 0.481 e. The molecule has 0 heterocycles. The summed E-state index contributed by atoms with van der Waals surface area (Å²) in [6, 6.07) is 0. The fraction of sp³-hybridized carbons (Fsp3) is 0.833. The standard InChI is InChI=1S/C12H21NO3/c1-3-12(2,11(15)16)8-13-10(14)9-6-4-5-7-9/h9H,3-8H2,1-2H3,(H,13,14)(H,15,16). The lowest BCUT2D eigenvalue weighted by Gasteiger charge is -2.24. The second-order valence-corrected chi connectivity index (χ2v) is 4.92. The van der Waals surface area contributed by atoms with Crippen LogP contribution in [0.1, 0.15) is 46.0 Å². The van der Waals surface area contributed by atoms with Crippen LogP contribution in [0.3, 0.4) is 0 Å². The number of hydrogen-bond acceptors (Lipinski definition) is 2. The van der Waals surface area contributed by atoms with Gasteiger partial charge in [-0.15, -0.1) is 0 Å². The molecule has 0 radical (unpaired) electrons. The summed E-state index contributed by atoms with van der Waals surface area (Å²) in [6.07, 6.45) is 4.64. The third-order valence-electron chi connectivity index (χ3n) is 3.68. The molecule has 1 unspecified atom stereocenters. The highest BCUT2D eigenvalue weighted by Crippen LogP contribution is 2.25. The zero-order valence-corrected chi connectivity index (χ0v) is 10.1. The second-order valence-electron chi connectivity index (χ2n) is 4.92. The van der Waals surface area contributed by atoms with Crippen molar-refractivity contribution in [2.24, 2.45) is 11.3 Å². The number of carboxylic acids is 1. The molecule has 0 bridgehead atoms. The van der Waals surface area contributed by atoms with Crippen molar-refractivity contribution in [3.63, 3.8) is 0 Å². The van der Waals surface area contributed by atoms with Gasteiger partial charge in [0.15, 0.2) is 0 Å². The van der Waals surface area contributed by atoms with Crippen molar-refractivity contribution in [2.75, 3.05) is 6.54 Å². The highest BCUT2D eigenvalue weighted by atomic mass is 16.4. The molecule has 16 heavy (non-hydrogen) atoms.